The molecule has 12 rings (SSSR count). The molecule has 0 radical (unpaired) electrons. The van der Waals surface area contributed by atoms with Gasteiger partial charge in [-0.15, -0.1) is 0 Å². The lowest BCUT2D eigenvalue weighted by molar-refractivity contribution is 1.19. The minimum absolute atomic E-state index is 0.800. The molecule has 1 N–H and O–H groups in total. The molecule has 11 aromatic rings. The number of rotatable bonds is 7. The molecule has 0 bridgehead atoms. The summed E-state index contributed by atoms with van der Waals surface area (Å²) in [4.78, 5) is 0. The Bertz CT molecular complexity index is 3530. The SMILES string of the molecule is Cc1cc(-c2ccccc2)cc(C)c1Nc1cc2ccccc2cc1-c1cc(-c2ccccc2)cc2c1Bc1cc(-c3ccccc3)cc3c4cc(-c5ccccc5)ccc4n-2c13. The molecule has 0 saturated carbocycles. The van der Waals surface area contributed by atoms with Gasteiger partial charge in [0.25, 0.3) is 0 Å². The Morgan fingerprint density at radius 1 is 0.397 bits per heavy atom. The summed E-state index contributed by atoms with van der Waals surface area (Å²) in [6, 6.07) is 78.2. The topological polar surface area (TPSA) is 17.0 Å². The van der Waals surface area contributed by atoms with Crippen LogP contribution in [0, 0.1) is 13.8 Å². The fourth-order valence-electron chi connectivity index (χ4n) is 10.2. The lowest BCUT2D eigenvalue weighted by atomic mass is 9.58. The number of nitrogens with zero attached hydrogens (tertiary/aromatic N) is 1. The first-order chi connectivity index (χ1) is 31.0. The van der Waals surface area contributed by atoms with Crippen LogP contribution in [-0.4, -0.2) is 11.8 Å². The highest BCUT2D eigenvalue weighted by Gasteiger charge is 2.28. The van der Waals surface area contributed by atoms with Crippen molar-refractivity contribution in [3.8, 4) is 61.3 Å². The minimum atomic E-state index is 0.800. The van der Waals surface area contributed by atoms with Crippen LogP contribution in [-0.2, 0) is 0 Å². The average molecular weight is 803 g/mol. The average Bonchev–Trinajstić information content (AvgIpc) is 3.67. The second kappa shape index (κ2) is 14.9. The third-order valence-electron chi connectivity index (χ3n) is 13.2. The zero-order valence-electron chi connectivity index (χ0n) is 35.4. The molecule has 2 nitrogen and oxygen atoms in total. The van der Waals surface area contributed by atoms with Crippen LogP contribution >= 0.6 is 0 Å². The predicted octanol–water partition coefficient (Wildman–Crippen LogP) is 14.3. The predicted molar refractivity (Wildman–Crippen MR) is 271 cm³/mol. The van der Waals surface area contributed by atoms with Crippen molar-refractivity contribution in [3.05, 3.63) is 223 Å². The van der Waals surface area contributed by atoms with Crippen molar-refractivity contribution in [3.63, 3.8) is 0 Å². The Hall–Kier alpha value is -7.88. The fraction of sp³-hybridized carbons (Fsp3) is 0.0333. The van der Waals surface area contributed by atoms with Gasteiger partial charge in [-0.3, -0.25) is 0 Å². The molecule has 63 heavy (non-hydrogen) atoms. The normalized spacial score (nSPS) is 11.8. The maximum atomic E-state index is 4.05. The molecule has 3 heteroatoms. The Kier molecular flexibility index (Phi) is 8.76. The molecule has 0 amide bonds. The number of hydrogen-bond donors (Lipinski definition) is 1. The van der Waals surface area contributed by atoms with Crippen molar-refractivity contribution in [1.29, 1.82) is 0 Å². The van der Waals surface area contributed by atoms with Crippen molar-refractivity contribution >= 4 is 62.2 Å². The highest BCUT2D eigenvalue weighted by molar-refractivity contribution is 6.73. The molecule has 1 aliphatic heterocycles. The highest BCUT2D eigenvalue weighted by atomic mass is 15.0. The second-order valence-corrected chi connectivity index (χ2v) is 17.1. The van der Waals surface area contributed by atoms with E-state index in [-0.39, 0.29) is 0 Å². The highest BCUT2D eigenvalue weighted by Crippen LogP contribution is 2.42. The summed E-state index contributed by atoms with van der Waals surface area (Å²) in [7, 11) is 0.800. The molecular formula is C60H43BN2. The first kappa shape index (κ1) is 36.9. The van der Waals surface area contributed by atoms with Gasteiger partial charge in [-0.05, 0) is 146 Å². The van der Waals surface area contributed by atoms with E-state index < -0.39 is 0 Å². The molecule has 0 saturated heterocycles. The lowest BCUT2D eigenvalue weighted by Crippen LogP contribution is -2.37. The third kappa shape index (κ3) is 6.35. The largest absolute Gasteiger partial charge is 0.355 e. The van der Waals surface area contributed by atoms with E-state index in [1.54, 1.807) is 0 Å². The summed E-state index contributed by atoms with van der Waals surface area (Å²) in [6.45, 7) is 4.46. The van der Waals surface area contributed by atoms with Crippen molar-refractivity contribution < 1.29 is 0 Å². The van der Waals surface area contributed by atoms with E-state index in [1.807, 2.05) is 0 Å². The Morgan fingerprint density at radius 3 is 1.51 bits per heavy atom. The van der Waals surface area contributed by atoms with E-state index >= 15 is 0 Å². The van der Waals surface area contributed by atoms with E-state index in [2.05, 4.69) is 236 Å². The van der Waals surface area contributed by atoms with Crippen LogP contribution in [0.2, 0.25) is 0 Å². The molecule has 1 aliphatic rings. The van der Waals surface area contributed by atoms with Gasteiger partial charge in [0.15, 0.2) is 7.28 Å². The Labute approximate surface area is 369 Å². The first-order valence-electron chi connectivity index (χ1n) is 22.0. The number of aromatic nitrogens is 1. The van der Waals surface area contributed by atoms with Gasteiger partial charge >= 0.3 is 0 Å². The van der Waals surface area contributed by atoms with E-state index in [4.69, 9.17) is 0 Å². The van der Waals surface area contributed by atoms with Crippen LogP contribution in [0.15, 0.2) is 212 Å². The van der Waals surface area contributed by atoms with E-state index in [0.29, 0.717) is 0 Å². The van der Waals surface area contributed by atoms with Crippen LogP contribution in [0.3, 0.4) is 0 Å². The number of benzene rings is 10. The van der Waals surface area contributed by atoms with Crippen molar-refractivity contribution in [2.75, 3.05) is 5.32 Å². The van der Waals surface area contributed by atoms with Gasteiger partial charge in [0, 0.05) is 38.9 Å². The standard InChI is InChI=1S/C60H43BN2/c1-38-29-47(41-19-9-4-10-20-41)30-39(2)59(38)62-55-36-45-26-16-15-25-44(45)31-50(55)52-33-49(43-23-13-6-14-24-43)37-57-58(52)61-54-35-48(42-21-11-5-12-22-42)34-53-51-32-46(40-17-7-3-8-18-40)27-28-56(51)63(57)60(53)54/h3-37,61-62H,1-2H3. The molecule has 296 valence electrons. The molecule has 2 heterocycles. The molecule has 0 spiro atoms. The fourth-order valence-corrected chi connectivity index (χ4v) is 10.2. The van der Waals surface area contributed by atoms with Gasteiger partial charge in [-0.25, -0.2) is 0 Å². The number of hydrogen-bond acceptors (Lipinski definition) is 1. The van der Waals surface area contributed by atoms with Crippen LogP contribution in [0.4, 0.5) is 11.4 Å². The van der Waals surface area contributed by atoms with E-state index in [1.165, 1.54) is 116 Å². The van der Waals surface area contributed by atoms with Crippen molar-refractivity contribution in [1.82, 2.24) is 4.57 Å². The van der Waals surface area contributed by atoms with Gasteiger partial charge in [0.05, 0.1) is 5.52 Å². The summed E-state index contributed by atoms with van der Waals surface area (Å²) in [6.07, 6.45) is 0. The zero-order chi connectivity index (χ0) is 42.0. The number of anilines is 2. The Balaban J connectivity index is 1.13. The van der Waals surface area contributed by atoms with Gasteiger partial charge in [-0.2, -0.15) is 0 Å². The molecule has 0 unspecified atom stereocenters. The number of aryl methyl sites for hydroxylation is 2. The Morgan fingerprint density at radius 2 is 0.905 bits per heavy atom. The van der Waals surface area contributed by atoms with Gasteiger partial charge in [-0.1, -0.05) is 163 Å². The second-order valence-electron chi connectivity index (χ2n) is 17.1. The molecule has 10 aromatic carbocycles. The van der Waals surface area contributed by atoms with Crippen LogP contribution in [0.1, 0.15) is 11.1 Å². The quantitative estimate of drug-likeness (QED) is 0.159. The summed E-state index contributed by atoms with van der Waals surface area (Å²) >= 11 is 0. The summed E-state index contributed by atoms with van der Waals surface area (Å²) in [5.41, 5.74) is 23.3. The molecule has 0 fully saturated rings. The first-order valence-corrected chi connectivity index (χ1v) is 22.0. The molecule has 0 atom stereocenters. The third-order valence-corrected chi connectivity index (χ3v) is 13.2. The van der Waals surface area contributed by atoms with Gasteiger partial charge in [0.1, 0.15) is 0 Å². The molecular weight excluding hydrogens is 759 g/mol. The monoisotopic (exact) mass is 802 g/mol. The van der Waals surface area contributed by atoms with Crippen LogP contribution in [0.5, 0.6) is 0 Å². The summed E-state index contributed by atoms with van der Waals surface area (Å²) < 4.78 is 2.57. The lowest BCUT2D eigenvalue weighted by Gasteiger charge is -2.26. The van der Waals surface area contributed by atoms with Crippen molar-refractivity contribution in [2.24, 2.45) is 0 Å². The van der Waals surface area contributed by atoms with Crippen LogP contribution in [0.25, 0.3) is 93.9 Å². The van der Waals surface area contributed by atoms with Gasteiger partial charge in [0.2, 0.25) is 0 Å². The molecule has 1 aromatic heterocycles. The van der Waals surface area contributed by atoms with Crippen molar-refractivity contribution in [2.45, 2.75) is 13.8 Å². The minimum Gasteiger partial charge on any atom is -0.355 e. The summed E-state index contributed by atoms with van der Waals surface area (Å²) in [5.74, 6) is 0. The smallest absolute Gasteiger partial charge is 0.198 e. The zero-order valence-corrected chi connectivity index (χ0v) is 35.4. The van der Waals surface area contributed by atoms with Crippen LogP contribution < -0.4 is 16.2 Å². The maximum Gasteiger partial charge on any atom is 0.198 e. The number of fused-ring (bicyclic) bond motifs is 6. The maximum absolute atomic E-state index is 4.05. The van der Waals surface area contributed by atoms with E-state index in [0.717, 1.165) is 18.7 Å². The van der Waals surface area contributed by atoms with E-state index in [9.17, 15) is 0 Å². The van der Waals surface area contributed by atoms with Gasteiger partial charge < -0.3 is 9.88 Å². The summed E-state index contributed by atoms with van der Waals surface area (Å²) in [5, 5.41) is 9.03. The molecule has 0 aliphatic carbocycles. The number of nitrogens with one attached hydrogen (secondary N) is 1.